The molecular weight excluding hydrogens is 183 g/mol. The first-order valence-electron chi connectivity index (χ1n) is 4.42. The Morgan fingerprint density at radius 2 is 1.92 bits per heavy atom. The smallest absolute Gasteiger partial charge is 0.140 e. The Kier molecular flexibility index (Phi) is 3.43. The van der Waals surface area contributed by atoms with Crippen molar-refractivity contribution in [3.8, 4) is 0 Å². The summed E-state index contributed by atoms with van der Waals surface area (Å²) in [6.45, 7) is 5.99. The van der Waals surface area contributed by atoms with Gasteiger partial charge in [0.05, 0.1) is 4.70 Å². The van der Waals surface area contributed by atoms with Crippen LogP contribution in [0.25, 0.3) is 10.1 Å². The third kappa shape index (κ3) is 2.07. The molecule has 0 aliphatic rings. The molecule has 0 fully saturated rings. The minimum absolute atomic E-state index is 0.111. The number of benzene rings is 1. The predicted octanol–water partition coefficient (Wildman–Crippen LogP) is 4.38. The van der Waals surface area contributed by atoms with Gasteiger partial charge < -0.3 is 0 Å². The van der Waals surface area contributed by atoms with Crippen molar-refractivity contribution in [3.05, 3.63) is 35.0 Å². The van der Waals surface area contributed by atoms with Crippen LogP contribution in [0, 0.1) is 12.7 Å². The van der Waals surface area contributed by atoms with Crippen molar-refractivity contribution in [3.63, 3.8) is 0 Å². The number of halogens is 1. The Balaban J connectivity index is 0.000000396. The molecule has 0 saturated heterocycles. The van der Waals surface area contributed by atoms with Crippen LogP contribution in [-0.4, -0.2) is 0 Å². The molecule has 1 heterocycles. The topological polar surface area (TPSA) is 0 Å². The summed E-state index contributed by atoms with van der Waals surface area (Å²) in [4.78, 5) is 1.16. The zero-order valence-corrected chi connectivity index (χ0v) is 8.91. The van der Waals surface area contributed by atoms with Gasteiger partial charge in [0.25, 0.3) is 0 Å². The monoisotopic (exact) mass is 196 g/mol. The third-order valence-corrected chi connectivity index (χ3v) is 2.69. The maximum atomic E-state index is 13.0. The fourth-order valence-corrected chi connectivity index (χ4v) is 2.07. The Hall–Kier alpha value is -0.890. The van der Waals surface area contributed by atoms with Crippen LogP contribution in [0.2, 0.25) is 0 Å². The number of fused-ring (bicyclic) bond motifs is 1. The van der Waals surface area contributed by atoms with Gasteiger partial charge >= 0.3 is 0 Å². The summed E-state index contributed by atoms with van der Waals surface area (Å²) in [6, 6.07) is 7.17. The van der Waals surface area contributed by atoms with E-state index in [4.69, 9.17) is 0 Å². The molecule has 1 aromatic heterocycles. The molecule has 2 aromatic rings. The van der Waals surface area contributed by atoms with Gasteiger partial charge in [-0.1, -0.05) is 26.0 Å². The lowest BCUT2D eigenvalue weighted by atomic mass is 10.2. The second-order valence-electron chi connectivity index (χ2n) is 2.52. The molecule has 0 N–H and O–H groups in total. The van der Waals surface area contributed by atoms with Gasteiger partial charge in [-0.25, -0.2) is 4.39 Å². The molecule has 0 unspecified atom stereocenters. The van der Waals surface area contributed by atoms with Crippen molar-refractivity contribution in [2.45, 2.75) is 20.8 Å². The Bertz CT molecular complexity index is 390. The first kappa shape index (κ1) is 10.2. The Morgan fingerprint density at radius 3 is 2.54 bits per heavy atom. The van der Waals surface area contributed by atoms with E-state index in [1.165, 1.54) is 17.4 Å². The van der Waals surface area contributed by atoms with Gasteiger partial charge in [-0.15, -0.1) is 11.3 Å². The lowest BCUT2D eigenvalue weighted by Gasteiger charge is -1.87. The summed E-state index contributed by atoms with van der Waals surface area (Å²) in [7, 11) is 0. The molecule has 2 rings (SSSR count). The quantitative estimate of drug-likeness (QED) is 0.586. The minimum Gasteiger partial charge on any atom is -0.205 e. The average molecular weight is 196 g/mol. The van der Waals surface area contributed by atoms with E-state index in [2.05, 4.69) is 0 Å². The molecule has 1 aromatic carbocycles. The van der Waals surface area contributed by atoms with Crippen LogP contribution in [0.1, 0.15) is 18.7 Å². The first-order chi connectivity index (χ1) is 6.27. The van der Waals surface area contributed by atoms with Gasteiger partial charge in [-0.3, -0.25) is 0 Å². The molecule has 0 spiro atoms. The van der Waals surface area contributed by atoms with Crippen molar-refractivity contribution < 1.29 is 4.39 Å². The average Bonchev–Trinajstić information content (AvgIpc) is 2.51. The van der Waals surface area contributed by atoms with E-state index in [1.54, 1.807) is 6.07 Å². The molecule has 0 nitrogen and oxygen atoms in total. The van der Waals surface area contributed by atoms with Gasteiger partial charge in [-0.2, -0.15) is 0 Å². The van der Waals surface area contributed by atoms with E-state index in [-0.39, 0.29) is 5.82 Å². The van der Waals surface area contributed by atoms with E-state index >= 15 is 0 Å². The van der Waals surface area contributed by atoms with Crippen LogP contribution in [0.4, 0.5) is 4.39 Å². The van der Waals surface area contributed by atoms with Gasteiger partial charge in [0.2, 0.25) is 0 Å². The largest absolute Gasteiger partial charge is 0.205 e. The van der Waals surface area contributed by atoms with Crippen LogP contribution < -0.4 is 0 Å². The molecule has 0 atom stereocenters. The van der Waals surface area contributed by atoms with Crippen LogP contribution >= 0.6 is 11.3 Å². The lowest BCUT2D eigenvalue weighted by Crippen LogP contribution is -1.69. The Morgan fingerprint density at radius 1 is 1.23 bits per heavy atom. The molecule has 70 valence electrons. The van der Waals surface area contributed by atoms with Crippen molar-refractivity contribution in [1.82, 2.24) is 0 Å². The van der Waals surface area contributed by atoms with Crippen molar-refractivity contribution in [1.29, 1.82) is 0 Å². The summed E-state index contributed by atoms with van der Waals surface area (Å²) in [5.41, 5.74) is 0. The molecule has 0 aliphatic carbocycles. The second kappa shape index (κ2) is 4.38. The van der Waals surface area contributed by atoms with E-state index in [0.717, 1.165) is 15.0 Å². The van der Waals surface area contributed by atoms with E-state index in [0.29, 0.717) is 0 Å². The second-order valence-corrected chi connectivity index (χ2v) is 3.77. The number of rotatable bonds is 0. The molecule has 0 radical (unpaired) electrons. The Labute approximate surface area is 82.0 Å². The van der Waals surface area contributed by atoms with E-state index < -0.39 is 0 Å². The molecule has 2 heteroatoms. The summed E-state index contributed by atoms with van der Waals surface area (Å²) in [5.74, 6) is -0.111. The maximum Gasteiger partial charge on any atom is 0.140 e. The molecule has 0 bridgehead atoms. The van der Waals surface area contributed by atoms with Crippen molar-refractivity contribution >= 4 is 21.4 Å². The summed E-state index contributed by atoms with van der Waals surface area (Å²) < 4.78 is 13.8. The van der Waals surface area contributed by atoms with Crippen LogP contribution in [-0.2, 0) is 0 Å². The number of aryl methyl sites for hydroxylation is 1. The highest BCUT2D eigenvalue weighted by atomic mass is 32.1. The highest BCUT2D eigenvalue weighted by molar-refractivity contribution is 7.19. The minimum atomic E-state index is -0.111. The highest BCUT2D eigenvalue weighted by Gasteiger charge is 2.01. The summed E-state index contributed by atoms with van der Waals surface area (Å²) in [6.07, 6.45) is 0. The highest BCUT2D eigenvalue weighted by Crippen LogP contribution is 2.26. The van der Waals surface area contributed by atoms with Gasteiger partial charge in [0.15, 0.2) is 0 Å². The van der Waals surface area contributed by atoms with Crippen LogP contribution in [0.3, 0.4) is 0 Å². The molecular formula is C11H13FS. The van der Waals surface area contributed by atoms with Gasteiger partial charge in [0.1, 0.15) is 5.82 Å². The third-order valence-electron chi connectivity index (χ3n) is 1.62. The number of hydrogen-bond acceptors (Lipinski definition) is 1. The predicted molar refractivity (Wildman–Crippen MR) is 57.9 cm³/mol. The number of hydrogen-bond donors (Lipinski definition) is 0. The fourth-order valence-electron chi connectivity index (χ4n) is 1.16. The van der Waals surface area contributed by atoms with Gasteiger partial charge in [-0.05, 0) is 24.4 Å². The van der Waals surface area contributed by atoms with Crippen molar-refractivity contribution in [2.24, 2.45) is 0 Å². The zero-order chi connectivity index (χ0) is 9.84. The summed E-state index contributed by atoms with van der Waals surface area (Å²) >= 11 is 1.50. The molecule has 0 saturated carbocycles. The maximum absolute atomic E-state index is 13.0. The fraction of sp³-hybridized carbons (Fsp3) is 0.273. The summed E-state index contributed by atoms with van der Waals surface area (Å²) in [5, 5.41) is 1.01. The standard InChI is InChI=1S/C9H7FS.C2H6/c1-6-5-7-3-2-4-8(10)9(7)11-6;1-2/h2-5H,1H3;1-2H3. The van der Waals surface area contributed by atoms with E-state index in [1.807, 2.05) is 32.9 Å². The molecule has 0 amide bonds. The van der Waals surface area contributed by atoms with Crippen LogP contribution in [0.15, 0.2) is 24.3 Å². The number of thiophene rings is 1. The molecule has 0 aliphatic heterocycles. The molecule has 13 heavy (non-hydrogen) atoms. The van der Waals surface area contributed by atoms with Gasteiger partial charge in [0, 0.05) is 4.88 Å². The lowest BCUT2D eigenvalue weighted by molar-refractivity contribution is 0.642. The van der Waals surface area contributed by atoms with Crippen LogP contribution in [0.5, 0.6) is 0 Å². The zero-order valence-electron chi connectivity index (χ0n) is 8.10. The SMILES string of the molecule is CC.Cc1cc2cccc(F)c2s1. The first-order valence-corrected chi connectivity index (χ1v) is 5.24. The van der Waals surface area contributed by atoms with Crippen molar-refractivity contribution in [2.75, 3.05) is 0 Å². The van der Waals surface area contributed by atoms with E-state index in [9.17, 15) is 4.39 Å². The normalized spacial score (nSPS) is 9.54.